The number of amides is 1. The topological polar surface area (TPSA) is 71.2 Å². The summed E-state index contributed by atoms with van der Waals surface area (Å²) in [5, 5.41) is 2.57. The Morgan fingerprint density at radius 1 is 1.50 bits per heavy atom. The van der Waals surface area contributed by atoms with Gasteiger partial charge in [-0.25, -0.2) is 0 Å². The molecule has 88 valence electrons. The van der Waals surface area contributed by atoms with Crippen LogP contribution in [-0.4, -0.2) is 36.5 Å². The van der Waals surface area contributed by atoms with Gasteiger partial charge in [0.15, 0.2) is 5.43 Å². The minimum absolute atomic E-state index is 0.0971. The number of H-pyrrole nitrogens is 1. The van der Waals surface area contributed by atoms with E-state index in [9.17, 15) is 9.59 Å². The Morgan fingerprint density at radius 3 is 3.00 bits per heavy atom. The van der Waals surface area contributed by atoms with E-state index in [1.807, 2.05) is 0 Å². The van der Waals surface area contributed by atoms with E-state index < -0.39 is 5.91 Å². The summed E-state index contributed by atoms with van der Waals surface area (Å²) in [5.74, 6) is 0.0167. The number of pyridine rings is 1. The first-order valence-electron chi connectivity index (χ1n) is 4.84. The van der Waals surface area contributed by atoms with Crippen molar-refractivity contribution in [1.29, 1.82) is 0 Å². The quantitative estimate of drug-likeness (QED) is 0.561. The molecule has 5 nitrogen and oxygen atoms in total. The summed E-state index contributed by atoms with van der Waals surface area (Å²) in [4.78, 5) is 25.4. The first-order chi connectivity index (χ1) is 7.75. The normalized spacial score (nSPS) is 10.1. The van der Waals surface area contributed by atoms with Gasteiger partial charge in [-0.3, -0.25) is 9.59 Å². The average molecular weight is 245 g/mol. The lowest BCUT2D eigenvalue weighted by atomic mass is 10.2. The lowest BCUT2D eigenvalue weighted by Gasteiger charge is -2.04. The molecule has 1 amide bonds. The van der Waals surface area contributed by atoms with E-state index in [1.54, 1.807) is 0 Å². The standard InChI is InChI=1S/C10H13ClN2O3/c11-2-5-16-6-4-13-10(15)8-7-12-3-1-9(8)14/h1,3,7H,2,4-6H2,(H,12,14)(H,13,15). The molecule has 2 N–H and O–H groups in total. The van der Waals surface area contributed by atoms with E-state index in [4.69, 9.17) is 16.3 Å². The number of carbonyl (C=O) groups is 1. The highest BCUT2D eigenvalue weighted by Gasteiger charge is 2.07. The average Bonchev–Trinajstić information content (AvgIpc) is 2.29. The molecule has 0 unspecified atom stereocenters. The number of halogens is 1. The van der Waals surface area contributed by atoms with Gasteiger partial charge in [0.2, 0.25) is 0 Å². The van der Waals surface area contributed by atoms with Crippen molar-refractivity contribution in [2.24, 2.45) is 0 Å². The Balaban J connectivity index is 2.36. The first kappa shape index (κ1) is 12.7. The van der Waals surface area contributed by atoms with E-state index in [0.717, 1.165) is 0 Å². The van der Waals surface area contributed by atoms with Crippen molar-refractivity contribution in [3.63, 3.8) is 0 Å². The predicted octanol–water partition coefficient (Wildman–Crippen LogP) is 0.360. The third-order valence-corrected chi connectivity index (χ3v) is 1.98. The minimum atomic E-state index is -0.406. The van der Waals surface area contributed by atoms with Crippen LogP contribution in [0, 0.1) is 0 Å². The molecule has 0 aliphatic heterocycles. The minimum Gasteiger partial charge on any atom is -0.378 e. The SMILES string of the molecule is O=C(NCCOCCCl)c1c[nH]ccc1=O. The second-order valence-corrected chi connectivity index (χ2v) is 3.36. The molecule has 0 bridgehead atoms. The van der Waals surface area contributed by atoms with Crippen molar-refractivity contribution in [2.45, 2.75) is 0 Å². The highest BCUT2D eigenvalue weighted by atomic mass is 35.5. The summed E-state index contributed by atoms with van der Waals surface area (Å²) in [5.41, 5.74) is -0.210. The largest absolute Gasteiger partial charge is 0.378 e. The lowest BCUT2D eigenvalue weighted by molar-refractivity contribution is 0.0922. The zero-order chi connectivity index (χ0) is 11.8. The highest BCUT2D eigenvalue weighted by Crippen LogP contribution is 1.87. The number of ether oxygens (including phenoxy) is 1. The molecule has 1 heterocycles. The molecule has 0 fully saturated rings. The van der Waals surface area contributed by atoms with Gasteiger partial charge in [-0.05, 0) is 0 Å². The molecule has 1 aromatic heterocycles. The molecule has 0 aliphatic rings. The Morgan fingerprint density at radius 2 is 2.31 bits per heavy atom. The number of alkyl halides is 1. The van der Waals surface area contributed by atoms with Crippen molar-refractivity contribution in [1.82, 2.24) is 10.3 Å². The molecule has 1 aromatic rings. The molecule has 0 atom stereocenters. The van der Waals surface area contributed by atoms with E-state index in [0.29, 0.717) is 25.6 Å². The molecule has 0 aromatic carbocycles. The van der Waals surface area contributed by atoms with Gasteiger partial charge in [0.05, 0.1) is 13.2 Å². The molecule has 0 radical (unpaired) electrons. The molecule has 0 spiro atoms. The Bertz CT molecular complexity index is 392. The van der Waals surface area contributed by atoms with Crippen LogP contribution in [0.4, 0.5) is 0 Å². The number of aromatic amines is 1. The highest BCUT2D eigenvalue weighted by molar-refractivity contribution is 6.17. The van der Waals surface area contributed by atoms with Gasteiger partial charge in [0.25, 0.3) is 5.91 Å². The van der Waals surface area contributed by atoms with Crippen LogP contribution >= 0.6 is 11.6 Å². The van der Waals surface area contributed by atoms with Gasteiger partial charge in [0.1, 0.15) is 5.56 Å². The zero-order valence-electron chi connectivity index (χ0n) is 8.66. The summed E-state index contributed by atoms with van der Waals surface area (Å²) in [6, 6.07) is 1.30. The van der Waals surface area contributed by atoms with Gasteiger partial charge in [-0.15, -0.1) is 11.6 Å². The number of hydrogen-bond acceptors (Lipinski definition) is 3. The van der Waals surface area contributed by atoms with Gasteiger partial charge >= 0.3 is 0 Å². The smallest absolute Gasteiger partial charge is 0.256 e. The Hall–Kier alpha value is -1.33. The van der Waals surface area contributed by atoms with Crippen LogP contribution in [0.3, 0.4) is 0 Å². The van der Waals surface area contributed by atoms with Gasteiger partial charge in [0, 0.05) is 30.9 Å². The van der Waals surface area contributed by atoms with E-state index in [1.165, 1.54) is 18.5 Å². The molecule has 0 saturated heterocycles. The first-order valence-corrected chi connectivity index (χ1v) is 5.38. The number of rotatable bonds is 6. The second kappa shape index (κ2) is 7.03. The van der Waals surface area contributed by atoms with E-state index in [2.05, 4.69) is 10.3 Å². The maximum atomic E-state index is 11.5. The maximum absolute atomic E-state index is 11.5. The number of carbonyl (C=O) groups excluding carboxylic acids is 1. The lowest BCUT2D eigenvalue weighted by Crippen LogP contribution is -2.31. The van der Waals surface area contributed by atoms with Crippen molar-refractivity contribution in [3.05, 3.63) is 34.2 Å². The van der Waals surface area contributed by atoms with Crippen LogP contribution in [0.1, 0.15) is 10.4 Å². The van der Waals surface area contributed by atoms with E-state index in [-0.39, 0.29) is 11.0 Å². The molecule has 16 heavy (non-hydrogen) atoms. The third kappa shape index (κ3) is 4.04. The number of nitrogens with one attached hydrogen (secondary N) is 2. The van der Waals surface area contributed by atoms with E-state index >= 15 is 0 Å². The van der Waals surface area contributed by atoms with Gasteiger partial charge in [-0.1, -0.05) is 0 Å². The van der Waals surface area contributed by atoms with Crippen LogP contribution in [-0.2, 0) is 4.74 Å². The number of hydrogen-bond donors (Lipinski definition) is 2. The van der Waals surface area contributed by atoms with Crippen molar-refractivity contribution in [2.75, 3.05) is 25.6 Å². The van der Waals surface area contributed by atoms with Crippen molar-refractivity contribution in [3.8, 4) is 0 Å². The molecule has 1 rings (SSSR count). The van der Waals surface area contributed by atoms with Crippen LogP contribution < -0.4 is 10.7 Å². The van der Waals surface area contributed by atoms with Crippen LogP contribution in [0.2, 0.25) is 0 Å². The Labute approximate surface area is 97.8 Å². The predicted molar refractivity (Wildman–Crippen MR) is 60.9 cm³/mol. The fourth-order valence-corrected chi connectivity index (χ4v) is 1.19. The van der Waals surface area contributed by atoms with Gasteiger partial charge < -0.3 is 15.0 Å². The fourth-order valence-electron chi connectivity index (χ4n) is 1.08. The summed E-state index contributed by atoms with van der Waals surface area (Å²) in [6.07, 6.45) is 2.85. The monoisotopic (exact) mass is 244 g/mol. The number of aromatic nitrogens is 1. The van der Waals surface area contributed by atoms with Gasteiger partial charge in [-0.2, -0.15) is 0 Å². The summed E-state index contributed by atoms with van der Waals surface area (Å²) in [6.45, 7) is 1.18. The summed E-state index contributed by atoms with van der Waals surface area (Å²) in [7, 11) is 0. The zero-order valence-corrected chi connectivity index (χ0v) is 9.42. The molecule has 6 heteroatoms. The van der Waals surface area contributed by atoms with Crippen LogP contribution in [0.15, 0.2) is 23.3 Å². The summed E-state index contributed by atoms with van der Waals surface area (Å²) >= 11 is 5.40. The second-order valence-electron chi connectivity index (χ2n) is 2.98. The molecule has 0 aliphatic carbocycles. The third-order valence-electron chi connectivity index (χ3n) is 1.82. The molecular formula is C10H13ClN2O3. The molecular weight excluding hydrogens is 232 g/mol. The van der Waals surface area contributed by atoms with Crippen molar-refractivity contribution < 1.29 is 9.53 Å². The van der Waals surface area contributed by atoms with Crippen molar-refractivity contribution >= 4 is 17.5 Å². The molecule has 0 saturated carbocycles. The maximum Gasteiger partial charge on any atom is 0.256 e. The van der Waals surface area contributed by atoms with Crippen LogP contribution in [0.25, 0.3) is 0 Å². The van der Waals surface area contributed by atoms with Crippen LogP contribution in [0.5, 0.6) is 0 Å². The fraction of sp³-hybridized carbons (Fsp3) is 0.400. The summed E-state index contributed by atoms with van der Waals surface area (Å²) < 4.78 is 5.07. The Kier molecular flexibility index (Phi) is 5.60.